The van der Waals surface area contributed by atoms with Gasteiger partial charge in [-0.25, -0.2) is 4.98 Å². The molecule has 0 spiro atoms. The fourth-order valence-electron chi connectivity index (χ4n) is 1.59. The van der Waals surface area contributed by atoms with E-state index in [0.29, 0.717) is 22.8 Å². The van der Waals surface area contributed by atoms with Crippen LogP contribution in [0.4, 0.5) is 17.2 Å². The Hall–Kier alpha value is -2.08. The Labute approximate surface area is 119 Å². The van der Waals surface area contributed by atoms with E-state index in [1.54, 1.807) is 24.3 Å². The van der Waals surface area contributed by atoms with Crippen molar-refractivity contribution in [2.24, 2.45) is 0 Å². The summed E-state index contributed by atoms with van der Waals surface area (Å²) >= 11 is 3.35. The van der Waals surface area contributed by atoms with E-state index in [2.05, 4.69) is 26.2 Å². The highest BCUT2D eigenvalue weighted by Crippen LogP contribution is 2.19. The van der Waals surface area contributed by atoms with Crippen LogP contribution in [0, 0.1) is 6.92 Å². The quantitative estimate of drug-likeness (QED) is 0.741. The number of amides is 1. The largest absolute Gasteiger partial charge is 0.399 e. The molecule has 2 rings (SSSR count). The number of benzene rings is 1. The van der Waals surface area contributed by atoms with Crippen LogP contribution in [-0.4, -0.2) is 10.9 Å². The lowest BCUT2D eigenvalue weighted by atomic mass is 10.1. The Balaban J connectivity index is 2.23. The molecule has 6 heteroatoms. The number of nitrogens with two attached hydrogens (primary N) is 2. The van der Waals surface area contributed by atoms with Crippen LogP contribution in [-0.2, 0) is 0 Å². The lowest BCUT2D eigenvalue weighted by molar-refractivity contribution is 0.102. The first-order valence-electron chi connectivity index (χ1n) is 5.57. The van der Waals surface area contributed by atoms with Crippen molar-refractivity contribution in [3.05, 3.63) is 46.1 Å². The summed E-state index contributed by atoms with van der Waals surface area (Å²) in [7, 11) is 0. The normalized spacial score (nSPS) is 10.2. The SMILES string of the molecule is Cc1nc(NC(=O)c2ccc(N)cc2N)ccc1Br. The number of nitrogens with one attached hydrogen (secondary N) is 1. The molecular formula is C13H13BrN4O. The Morgan fingerprint density at radius 1 is 1.26 bits per heavy atom. The number of rotatable bonds is 2. The van der Waals surface area contributed by atoms with Gasteiger partial charge in [0.2, 0.25) is 0 Å². The van der Waals surface area contributed by atoms with E-state index in [0.717, 1.165) is 10.2 Å². The summed E-state index contributed by atoms with van der Waals surface area (Å²) in [6.07, 6.45) is 0. The molecule has 0 fully saturated rings. The van der Waals surface area contributed by atoms with Gasteiger partial charge in [0.15, 0.2) is 0 Å². The minimum Gasteiger partial charge on any atom is -0.399 e. The van der Waals surface area contributed by atoms with Gasteiger partial charge >= 0.3 is 0 Å². The molecule has 0 aliphatic rings. The second-order valence-electron chi connectivity index (χ2n) is 4.06. The number of aryl methyl sites for hydroxylation is 1. The Kier molecular flexibility index (Phi) is 3.71. The molecule has 2 aromatic rings. The molecule has 0 saturated heterocycles. The van der Waals surface area contributed by atoms with Crippen LogP contribution in [0.25, 0.3) is 0 Å². The lowest BCUT2D eigenvalue weighted by Gasteiger charge is -2.08. The van der Waals surface area contributed by atoms with E-state index in [-0.39, 0.29) is 5.91 Å². The fourth-order valence-corrected chi connectivity index (χ4v) is 1.81. The third-order valence-corrected chi connectivity index (χ3v) is 3.42. The van der Waals surface area contributed by atoms with Crippen LogP contribution in [0.5, 0.6) is 0 Å². The van der Waals surface area contributed by atoms with Crippen molar-refractivity contribution >= 4 is 39.0 Å². The third-order valence-electron chi connectivity index (χ3n) is 2.58. The standard InChI is InChI=1S/C13H13BrN4O/c1-7-10(14)4-5-12(17-7)18-13(19)9-3-2-8(15)6-11(9)16/h2-6H,15-16H2,1H3,(H,17,18,19). The van der Waals surface area contributed by atoms with Gasteiger partial charge in [0.05, 0.1) is 11.3 Å². The van der Waals surface area contributed by atoms with Gasteiger partial charge in [0.1, 0.15) is 5.82 Å². The predicted octanol–water partition coefficient (Wildman–Crippen LogP) is 2.57. The zero-order valence-corrected chi connectivity index (χ0v) is 11.9. The minimum absolute atomic E-state index is 0.313. The Bertz CT molecular complexity index is 643. The van der Waals surface area contributed by atoms with E-state index in [9.17, 15) is 4.79 Å². The number of pyridine rings is 1. The summed E-state index contributed by atoms with van der Waals surface area (Å²) in [6.45, 7) is 1.84. The van der Waals surface area contributed by atoms with Gasteiger partial charge in [-0.15, -0.1) is 0 Å². The van der Waals surface area contributed by atoms with Gasteiger partial charge < -0.3 is 16.8 Å². The van der Waals surface area contributed by atoms with Gasteiger partial charge in [0.25, 0.3) is 5.91 Å². The molecule has 19 heavy (non-hydrogen) atoms. The van der Waals surface area contributed by atoms with Crippen LogP contribution in [0.15, 0.2) is 34.8 Å². The molecule has 0 aliphatic heterocycles. The zero-order valence-electron chi connectivity index (χ0n) is 10.3. The summed E-state index contributed by atoms with van der Waals surface area (Å²) in [5, 5.41) is 2.69. The third kappa shape index (κ3) is 3.03. The van der Waals surface area contributed by atoms with Crippen molar-refractivity contribution in [1.29, 1.82) is 0 Å². The molecule has 98 valence electrons. The molecule has 1 amide bonds. The van der Waals surface area contributed by atoms with Gasteiger partial charge in [-0.3, -0.25) is 4.79 Å². The van der Waals surface area contributed by atoms with Gasteiger partial charge in [-0.1, -0.05) is 0 Å². The topological polar surface area (TPSA) is 94.0 Å². The predicted molar refractivity (Wildman–Crippen MR) is 79.9 cm³/mol. The summed E-state index contributed by atoms with van der Waals surface area (Å²) in [6, 6.07) is 8.30. The van der Waals surface area contributed by atoms with Crippen molar-refractivity contribution in [3.8, 4) is 0 Å². The van der Waals surface area contributed by atoms with Crippen LogP contribution < -0.4 is 16.8 Å². The molecular weight excluding hydrogens is 308 g/mol. The van der Waals surface area contributed by atoms with Gasteiger partial charge in [-0.2, -0.15) is 0 Å². The Morgan fingerprint density at radius 3 is 2.63 bits per heavy atom. The molecule has 5 N–H and O–H groups in total. The molecule has 0 radical (unpaired) electrons. The first-order valence-corrected chi connectivity index (χ1v) is 6.36. The Morgan fingerprint density at radius 2 is 2.00 bits per heavy atom. The van der Waals surface area contributed by atoms with E-state index >= 15 is 0 Å². The number of carbonyl (C=O) groups is 1. The number of hydrogen-bond donors (Lipinski definition) is 3. The van der Waals surface area contributed by atoms with Crippen LogP contribution in [0.2, 0.25) is 0 Å². The van der Waals surface area contributed by atoms with E-state index in [1.807, 2.05) is 13.0 Å². The summed E-state index contributed by atoms with van der Waals surface area (Å²) in [4.78, 5) is 16.3. The molecule has 0 atom stereocenters. The smallest absolute Gasteiger partial charge is 0.258 e. The molecule has 1 aromatic heterocycles. The number of nitrogens with zero attached hydrogens (tertiary/aromatic N) is 1. The fraction of sp³-hybridized carbons (Fsp3) is 0.0769. The maximum absolute atomic E-state index is 12.1. The van der Waals surface area contributed by atoms with Crippen molar-refractivity contribution in [1.82, 2.24) is 4.98 Å². The van der Waals surface area contributed by atoms with Crippen molar-refractivity contribution < 1.29 is 4.79 Å². The molecule has 1 aromatic carbocycles. The lowest BCUT2D eigenvalue weighted by Crippen LogP contribution is -2.15. The maximum Gasteiger partial charge on any atom is 0.258 e. The average molecular weight is 321 g/mol. The molecule has 0 bridgehead atoms. The number of hydrogen-bond acceptors (Lipinski definition) is 4. The highest BCUT2D eigenvalue weighted by molar-refractivity contribution is 9.10. The maximum atomic E-state index is 12.1. The van der Waals surface area contributed by atoms with Crippen LogP contribution >= 0.6 is 15.9 Å². The number of carbonyl (C=O) groups excluding carboxylic acids is 1. The number of aromatic nitrogens is 1. The number of nitrogen functional groups attached to an aromatic ring is 2. The van der Waals surface area contributed by atoms with Crippen molar-refractivity contribution in [2.45, 2.75) is 6.92 Å². The van der Waals surface area contributed by atoms with Gasteiger partial charge in [-0.05, 0) is 53.2 Å². The van der Waals surface area contributed by atoms with Crippen molar-refractivity contribution in [2.75, 3.05) is 16.8 Å². The zero-order chi connectivity index (χ0) is 14.0. The second-order valence-corrected chi connectivity index (χ2v) is 4.92. The molecule has 5 nitrogen and oxygen atoms in total. The summed E-state index contributed by atoms with van der Waals surface area (Å²) in [5.74, 6) is 0.161. The summed E-state index contributed by atoms with van der Waals surface area (Å²) in [5.41, 5.74) is 13.4. The highest BCUT2D eigenvalue weighted by atomic mass is 79.9. The number of halogens is 1. The van der Waals surface area contributed by atoms with Gasteiger partial charge in [0, 0.05) is 15.8 Å². The van der Waals surface area contributed by atoms with Crippen molar-refractivity contribution in [3.63, 3.8) is 0 Å². The molecule has 0 saturated carbocycles. The second kappa shape index (κ2) is 5.27. The first-order chi connectivity index (χ1) is 8.97. The molecule has 0 unspecified atom stereocenters. The van der Waals surface area contributed by atoms with Crippen LogP contribution in [0.1, 0.15) is 16.1 Å². The number of anilines is 3. The average Bonchev–Trinajstić information content (AvgIpc) is 2.33. The first kappa shape index (κ1) is 13.4. The van der Waals surface area contributed by atoms with E-state index in [4.69, 9.17) is 11.5 Å². The van der Waals surface area contributed by atoms with E-state index in [1.165, 1.54) is 0 Å². The highest BCUT2D eigenvalue weighted by Gasteiger charge is 2.11. The van der Waals surface area contributed by atoms with Crippen LogP contribution in [0.3, 0.4) is 0 Å². The minimum atomic E-state index is -0.313. The molecule has 0 aliphatic carbocycles. The molecule has 1 heterocycles. The van der Waals surface area contributed by atoms with E-state index < -0.39 is 0 Å². The summed E-state index contributed by atoms with van der Waals surface area (Å²) < 4.78 is 0.887. The monoisotopic (exact) mass is 320 g/mol.